The summed E-state index contributed by atoms with van der Waals surface area (Å²) >= 11 is 0. The molecular formula is C36H32O2P2S. The van der Waals surface area contributed by atoms with Crippen LogP contribution in [0, 0.1) is 0 Å². The van der Waals surface area contributed by atoms with Crippen LogP contribution in [0.3, 0.4) is 0 Å². The standard InChI is InChI=1S/C36H32O2P2S/c37-41(38,39(31-19-7-1-8-20-31,32-21-9-2-10-22-32)33-23-11-3-12-24-33)40(34-25-13-4-14-26-34,35-27-15-5-16-28-35)36-29-17-6-18-30-36/h1-30,39-40H. The first-order valence-electron chi connectivity index (χ1n) is 13.7. The Bertz CT molecular complexity index is 1490. The van der Waals surface area contributed by atoms with Crippen molar-refractivity contribution in [2.75, 3.05) is 0 Å². The molecule has 0 heterocycles. The van der Waals surface area contributed by atoms with Gasteiger partial charge in [-0.15, -0.1) is 0 Å². The second-order valence-electron chi connectivity index (χ2n) is 10.1. The molecule has 204 valence electrons. The Morgan fingerprint density at radius 2 is 0.415 bits per heavy atom. The van der Waals surface area contributed by atoms with Gasteiger partial charge in [0.15, 0.2) is 0 Å². The summed E-state index contributed by atoms with van der Waals surface area (Å²) in [6.07, 6.45) is 0. The third-order valence-electron chi connectivity index (χ3n) is 7.89. The van der Waals surface area contributed by atoms with E-state index in [2.05, 4.69) is 0 Å². The van der Waals surface area contributed by atoms with E-state index in [-0.39, 0.29) is 0 Å². The van der Waals surface area contributed by atoms with Gasteiger partial charge in [0.25, 0.3) is 0 Å². The SMILES string of the molecule is O=S(=O)([PH](c1ccccc1)(c1ccccc1)c1ccccc1)[PH](c1ccccc1)(c1ccccc1)c1ccccc1. The van der Waals surface area contributed by atoms with Crippen LogP contribution in [0.5, 0.6) is 0 Å². The number of benzene rings is 6. The zero-order chi connectivity index (χ0) is 28.2. The molecule has 0 saturated heterocycles. The second-order valence-corrected chi connectivity index (χ2v) is 25.4. The normalized spacial score (nSPS) is 12.9. The van der Waals surface area contributed by atoms with Gasteiger partial charge in [-0.3, -0.25) is 0 Å². The topological polar surface area (TPSA) is 34.1 Å². The van der Waals surface area contributed by atoms with Crippen molar-refractivity contribution < 1.29 is 8.42 Å². The Labute approximate surface area is 243 Å². The minimum absolute atomic E-state index is 0.858. The van der Waals surface area contributed by atoms with Gasteiger partial charge in [0, 0.05) is 0 Å². The fourth-order valence-electron chi connectivity index (χ4n) is 6.20. The van der Waals surface area contributed by atoms with Crippen molar-refractivity contribution in [1.29, 1.82) is 0 Å². The molecule has 0 aliphatic carbocycles. The molecular weight excluding hydrogens is 558 g/mol. The van der Waals surface area contributed by atoms with Crippen LogP contribution < -0.4 is 31.8 Å². The van der Waals surface area contributed by atoms with E-state index in [1.807, 2.05) is 182 Å². The Morgan fingerprint density at radius 3 is 0.561 bits per heavy atom. The van der Waals surface area contributed by atoms with E-state index in [0.717, 1.165) is 31.8 Å². The van der Waals surface area contributed by atoms with Crippen LogP contribution in [-0.2, 0) is 9.08 Å². The van der Waals surface area contributed by atoms with E-state index < -0.39 is 22.0 Å². The Balaban J connectivity index is 1.88. The summed E-state index contributed by atoms with van der Waals surface area (Å²) in [7, 11) is -4.03. The van der Waals surface area contributed by atoms with Gasteiger partial charge in [0.2, 0.25) is 0 Å². The van der Waals surface area contributed by atoms with Gasteiger partial charge in [-0.25, -0.2) is 0 Å². The summed E-state index contributed by atoms with van der Waals surface area (Å²) in [4.78, 5) is 0. The molecule has 6 rings (SSSR count). The fraction of sp³-hybridized carbons (Fsp3) is 0. The third kappa shape index (κ3) is 4.37. The summed E-state index contributed by atoms with van der Waals surface area (Å²) < 4.78 is 33.2. The number of hydrogen-bond donors (Lipinski definition) is 0. The van der Waals surface area contributed by atoms with Crippen molar-refractivity contribution in [3.63, 3.8) is 0 Å². The molecule has 0 saturated carbocycles. The van der Waals surface area contributed by atoms with Gasteiger partial charge < -0.3 is 0 Å². The molecule has 0 unspecified atom stereocenters. The van der Waals surface area contributed by atoms with E-state index in [9.17, 15) is 0 Å². The van der Waals surface area contributed by atoms with Crippen molar-refractivity contribution in [2.24, 2.45) is 0 Å². The molecule has 0 atom stereocenters. The molecule has 0 aliphatic rings. The van der Waals surface area contributed by atoms with Gasteiger partial charge in [0.1, 0.15) is 0 Å². The molecule has 5 heteroatoms. The molecule has 41 heavy (non-hydrogen) atoms. The van der Waals surface area contributed by atoms with Crippen LogP contribution in [0.1, 0.15) is 0 Å². The summed E-state index contributed by atoms with van der Waals surface area (Å²) in [6.45, 7) is -7.60. The minimum atomic E-state index is -4.03. The molecule has 0 amide bonds. The van der Waals surface area contributed by atoms with Crippen LogP contribution in [0.2, 0.25) is 0 Å². The Hall–Kier alpha value is -3.87. The first-order valence-corrected chi connectivity index (χ1v) is 20.6. The number of hydrogen-bond acceptors (Lipinski definition) is 2. The predicted molar refractivity (Wildman–Crippen MR) is 182 cm³/mol. The molecule has 0 aromatic heterocycles. The average Bonchev–Trinajstić information content (AvgIpc) is 3.05. The monoisotopic (exact) mass is 590 g/mol. The molecule has 0 bridgehead atoms. The maximum absolute atomic E-state index is 16.6. The predicted octanol–water partition coefficient (Wildman–Crippen LogP) is 5.68. The van der Waals surface area contributed by atoms with E-state index in [4.69, 9.17) is 0 Å². The zero-order valence-corrected chi connectivity index (χ0v) is 25.4. The van der Waals surface area contributed by atoms with E-state index in [1.54, 1.807) is 0 Å². The summed E-state index contributed by atoms with van der Waals surface area (Å²) in [6, 6.07) is 59.6. The first-order chi connectivity index (χ1) is 20.1. The van der Waals surface area contributed by atoms with Gasteiger partial charge >= 0.3 is 244 Å². The van der Waals surface area contributed by atoms with Gasteiger partial charge in [0.05, 0.1) is 0 Å². The molecule has 6 aromatic rings. The first kappa shape index (κ1) is 27.3. The Morgan fingerprint density at radius 1 is 0.268 bits per heavy atom. The molecule has 6 aromatic carbocycles. The van der Waals surface area contributed by atoms with Crippen molar-refractivity contribution in [2.45, 2.75) is 0 Å². The molecule has 0 fully saturated rings. The average molecular weight is 591 g/mol. The Kier molecular flexibility index (Phi) is 7.69. The summed E-state index contributed by atoms with van der Waals surface area (Å²) in [5, 5.41) is 5.15. The van der Waals surface area contributed by atoms with Gasteiger partial charge in [-0.05, 0) is 0 Å². The van der Waals surface area contributed by atoms with Crippen LogP contribution >= 0.6 is 12.9 Å². The van der Waals surface area contributed by atoms with Crippen LogP contribution in [0.4, 0.5) is 0 Å². The van der Waals surface area contributed by atoms with E-state index in [0.29, 0.717) is 0 Å². The van der Waals surface area contributed by atoms with Crippen LogP contribution in [-0.4, -0.2) is 8.42 Å². The van der Waals surface area contributed by atoms with E-state index >= 15 is 8.42 Å². The molecule has 0 radical (unpaired) electrons. The molecule has 0 spiro atoms. The van der Waals surface area contributed by atoms with Crippen LogP contribution in [0.15, 0.2) is 182 Å². The third-order valence-corrected chi connectivity index (χ3v) is 31.0. The van der Waals surface area contributed by atoms with Gasteiger partial charge in [-0.2, -0.15) is 0 Å². The fourth-order valence-corrected chi connectivity index (χ4v) is 34.4. The molecule has 0 N–H and O–H groups in total. The van der Waals surface area contributed by atoms with Crippen LogP contribution in [0.25, 0.3) is 0 Å². The van der Waals surface area contributed by atoms with Crippen molar-refractivity contribution in [1.82, 2.24) is 0 Å². The maximum atomic E-state index is 16.6. The molecule has 2 nitrogen and oxygen atoms in total. The zero-order valence-electron chi connectivity index (χ0n) is 22.5. The quantitative estimate of drug-likeness (QED) is 0.214. The molecule has 0 aliphatic heterocycles. The van der Waals surface area contributed by atoms with Crippen molar-refractivity contribution >= 4 is 53.8 Å². The summed E-state index contributed by atoms with van der Waals surface area (Å²) in [5.74, 6) is 0. The second kappa shape index (κ2) is 11.6. The number of rotatable bonds is 8. The van der Waals surface area contributed by atoms with Crippen molar-refractivity contribution in [3.8, 4) is 0 Å². The summed E-state index contributed by atoms with van der Waals surface area (Å²) in [5.41, 5.74) is 0. The van der Waals surface area contributed by atoms with E-state index in [1.165, 1.54) is 0 Å². The van der Waals surface area contributed by atoms with Crippen molar-refractivity contribution in [3.05, 3.63) is 182 Å². The van der Waals surface area contributed by atoms with Gasteiger partial charge in [-0.1, -0.05) is 0 Å².